The molecule has 0 spiro atoms. The van der Waals surface area contributed by atoms with Gasteiger partial charge in [-0.05, 0) is 27.0 Å². The fourth-order valence-corrected chi connectivity index (χ4v) is 2.47. The van der Waals surface area contributed by atoms with Gasteiger partial charge in [-0.15, -0.1) is 0 Å². The Labute approximate surface area is 102 Å². The average Bonchev–Trinajstić information content (AvgIpc) is 2.20. The van der Waals surface area contributed by atoms with E-state index in [0.717, 1.165) is 6.26 Å². The molecule has 0 aliphatic heterocycles. The third kappa shape index (κ3) is 2.66. The van der Waals surface area contributed by atoms with Crippen molar-refractivity contribution in [1.82, 2.24) is 5.32 Å². The summed E-state index contributed by atoms with van der Waals surface area (Å²) in [6, 6.07) is 5.63. The topological polar surface area (TPSA) is 46.2 Å². The van der Waals surface area contributed by atoms with Crippen LogP contribution in [0.25, 0.3) is 0 Å². The Kier molecular flexibility index (Phi) is 3.94. The first kappa shape index (κ1) is 14.1. The van der Waals surface area contributed by atoms with Gasteiger partial charge in [0.05, 0.1) is 10.8 Å². The van der Waals surface area contributed by atoms with E-state index >= 15 is 0 Å². The maximum Gasteiger partial charge on any atom is 0.154 e. The molecule has 0 heterocycles. The first-order valence-electron chi connectivity index (χ1n) is 5.33. The number of hydrogen-bond acceptors (Lipinski definition) is 3. The molecule has 1 N–H and O–H groups in total. The van der Waals surface area contributed by atoms with Gasteiger partial charge in [-0.3, -0.25) is 0 Å². The van der Waals surface area contributed by atoms with Gasteiger partial charge in [0.15, 0.2) is 9.84 Å². The maximum atomic E-state index is 13.7. The summed E-state index contributed by atoms with van der Waals surface area (Å²) in [6.07, 6.45) is 1.16. The second kappa shape index (κ2) is 4.74. The van der Waals surface area contributed by atoms with Gasteiger partial charge in [-0.2, -0.15) is 0 Å². The van der Waals surface area contributed by atoms with Crippen molar-refractivity contribution in [3.05, 3.63) is 35.6 Å². The highest BCUT2D eigenvalue weighted by Gasteiger charge is 2.40. The van der Waals surface area contributed by atoms with Crippen LogP contribution in [0.15, 0.2) is 24.3 Å². The van der Waals surface area contributed by atoms with Crippen molar-refractivity contribution in [1.29, 1.82) is 0 Å². The second-order valence-corrected chi connectivity index (χ2v) is 7.22. The number of benzene rings is 1. The number of rotatable bonds is 4. The van der Waals surface area contributed by atoms with Gasteiger partial charge in [0.2, 0.25) is 0 Å². The monoisotopic (exact) mass is 259 g/mol. The van der Waals surface area contributed by atoms with Gasteiger partial charge in [0.1, 0.15) is 5.82 Å². The van der Waals surface area contributed by atoms with E-state index in [1.54, 1.807) is 39.1 Å². The summed E-state index contributed by atoms with van der Waals surface area (Å²) in [5, 5.41) is 2.89. The minimum absolute atomic E-state index is 0.366. The summed E-state index contributed by atoms with van der Waals surface area (Å²) in [7, 11) is -1.68. The van der Waals surface area contributed by atoms with E-state index < -0.39 is 26.4 Å². The van der Waals surface area contributed by atoms with Crippen LogP contribution >= 0.6 is 0 Å². The molecule has 1 rings (SSSR count). The maximum absolute atomic E-state index is 13.7. The van der Waals surface area contributed by atoms with E-state index in [1.807, 2.05) is 0 Å². The molecule has 5 heteroatoms. The van der Waals surface area contributed by atoms with E-state index in [2.05, 4.69) is 5.32 Å². The summed E-state index contributed by atoms with van der Waals surface area (Å²) in [6.45, 7) is 3.19. The minimum Gasteiger partial charge on any atom is -0.312 e. The van der Waals surface area contributed by atoms with E-state index in [-0.39, 0.29) is 0 Å². The molecule has 17 heavy (non-hydrogen) atoms. The smallest absolute Gasteiger partial charge is 0.154 e. The van der Waals surface area contributed by atoms with Crippen molar-refractivity contribution in [2.75, 3.05) is 13.3 Å². The standard InChI is InChI=1S/C12H18FNO2S/c1-12(2,17(4,15)16)11(14-3)9-7-5-6-8-10(9)13/h5-8,11,14H,1-4H3. The Morgan fingerprint density at radius 2 is 1.82 bits per heavy atom. The summed E-state index contributed by atoms with van der Waals surface area (Å²) < 4.78 is 36.2. The molecule has 0 saturated carbocycles. The van der Waals surface area contributed by atoms with Crippen LogP contribution in [0.2, 0.25) is 0 Å². The molecule has 1 aromatic carbocycles. The highest BCUT2D eigenvalue weighted by Crippen LogP contribution is 2.32. The lowest BCUT2D eigenvalue weighted by atomic mass is 9.95. The molecule has 0 fully saturated rings. The second-order valence-electron chi connectivity index (χ2n) is 4.62. The lowest BCUT2D eigenvalue weighted by Crippen LogP contribution is -2.44. The first-order chi connectivity index (χ1) is 7.71. The van der Waals surface area contributed by atoms with E-state index in [4.69, 9.17) is 0 Å². The van der Waals surface area contributed by atoms with Crippen LogP contribution in [0.1, 0.15) is 25.5 Å². The Morgan fingerprint density at radius 3 is 2.24 bits per heavy atom. The molecule has 0 saturated heterocycles. The van der Waals surface area contributed by atoms with Gasteiger partial charge < -0.3 is 5.32 Å². The summed E-state index contributed by atoms with van der Waals surface area (Å²) in [5.74, 6) is -0.399. The molecule has 1 atom stereocenters. The molecule has 96 valence electrons. The molecule has 0 aromatic heterocycles. The molecule has 0 aliphatic rings. The van der Waals surface area contributed by atoms with Crippen molar-refractivity contribution in [2.45, 2.75) is 24.6 Å². The van der Waals surface area contributed by atoms with Crippen molar-refractivity contribution in [3.8, 4) is 0 Å². The van der Waals surface area contributed by atoms with Gasteiger partial charge >= 0.3 is 0 Å². The molecule has 0 amide bonds. The number of halogens is 1. The van der Waals surface area contributed by atoms with Crippen molar-refractivity contribution >= 4 is 9.84 Å². The van der Waals surface area contributed by atoms with Gasteiger partial charge in [0, 0.05) is 11.8 Å². The van der Waals surface area contributed by atoms with Crippen LogP contribution in [0, 0.1) is 5.82 Å². The van der Waals surface area contributed by atoms with Crippen LogP contribution in [-0.2, 0) is 9.84 Å². The molecular formula is C12H18FNO2S. The Morgan fingerprint density at radius 1 is 1.29 bits per heavy atom. The Bertz CT molecular complexity index is 497. The number of nitrogens with one attached hydrogen (secondary N) is 1. The van der Waals surface area contributed by atoms with Crippen LogP contribution in [0.4, 0.5) is 4.39 Å². The molecule has 1 aromatic rings. The Hall–Kier alpha value is -0.940. The molecule has 3 nitrogen and oxygen atoms in total. The fourth-order valence-electron chi connectivity index (χ4n) is 1.80. The van der Waals surface area contributed by atoms with Gasteiger partial charge in [-0.1, -0.05) is 18.2 Å². The Balaban J connectivity index is 3.31. The molecular weight excluding hydrogens is 241 g/mol. The van der Waals surface area contributed by atoms with Gasteiger partial charge in [-0.25, -0.2) is 12.8 Å². The zero-order valence-corrected chi connectivity index (χ0v) is 11.3. The van der Waals surface area contributed by atoms with Crippen molar-refractivity contribution in [2.24, 2.45) is 0 Å². The molecule has 0 radical (unpaired) electrons. The minimum atomic E-state index is -3.31. The van der Waals surface area contributed by atoms with Crippen LogP contribution in [0.5, 0.6) is 0 Å². The third-order valence-corrected chi connectivity index (χ3v) is 5.30. The van der Waals surface area contributed by atoms with Crippen LogP contribution in [-0.4, -0.2) is 26.5 Å². The van der Waals surface area contributed by atoms with Gasteiger partial charge in [0.25, 0.3) is 0 Å². The largest absolute Gasteiger partial charge is 0.312 e. The normalized spacial score (nSPS) is 14.6. The molecule has 0 aliphatic carbocycles. The predicted molar refractivity (Wildman–Crippen MR) is 67.1 cm³/mol. The van der Waals surface area contributed by atoms with Crippen LogP contribution < -0.4 is 5.32 Å². The third-order valence-electron chi connectivity index (χ3n) is 3.16. The summed E-state index contributed by atoms with van der Waals surface area (Å²) in [5.41, 5.74) is 0.366. The molecule has 1 unspecified atom stereocenters. The SMILES string of the molecule is CNC(c1ccccc1F)C(C)(C)S(C)(=O)=O. The quantitative estimate of drug-likeness (QED) is 0.898. The highest BCUT2D eigenvalue weighted by atomic mass is 32.2. The lowest BCUT2D eigenvalue weighted by molar-refractivity contribution is 0.430. The lowest BCUT2D eigenvalue weighted by Gasteiger charge is -2.32. The van der Waals surface area contributed by atoms with Crippen LogP contribution in [0.3, 0.4) is 0 Å². The zero-order valence-electron chi connectivity index (χ0n) is 10.5. The van der Waals surface area contributed by atoms with E-state index in [1.165, 1.54) is 6.07 Å². The summed E-state index contributed by atoms with van der Waals surface area (Å²) in [4.78, 5) is 0. The van der Waals surface area contributed by atoms with E-state index in [9.17, 15) is 12.8 Å². The summed E-state index contributed by atoms with van der Waals surface area (Å²) >= 11 is 0. The van der Waals surface area contributed by atoms with Crippen molar-refractivity contribution in [3.63, 3.8) is 0 Å². The fraction of sp³-hybridized carbons (Fsp3) is 0.500. The number of sulfone groups is 1. The predicted octanol–water partition coefficient (Wildman–Crippen LogP) is 1.91. The average molecular weight is 259 g/mol. The molecule has 0 bridgehead atoms. The number of hydrogen-bond donors (Lipinski definition) is 1. The van der Waals surface area contributed by atoms with E-state index in [0.29, 0.717) is 5.56 Å². The van der Waals surface area contributed by atoms with Crippen molar-refractivity contribution < 1.29 is 12.8 Å². The zero-order chi connectivity index (χ0) is 13.3. The first-order valence-corrected chi connectivity index (χ1v) is 7.22. The highest BCUT2D eigenvalue weighted by molar-refractivity contribution is 7.92.